The molecule has 0 radical (unpaired) electrons. The quantitative estimate of drug-likeness (QED) is 0.526. The van der Waals surface area contributed by atoms with Crippen molar-refractivity contribution in [2.75, 3.05) is 5.75 Å². The van der Waals surface area contributed by atoms with Gasteiger partial charge < -0.3 is 0 Å². The largest absolute Gasteiger partial charge is 0.459 e. The number of benzene rings is 1. The van der Waals surface area contributed by atoms with Gasteiger partial charge in [-0.1, -0.05) is 42.1 Å². The highest BCUT2D eigenvalue weighted by atomic mass is 32.2. The maximum Gasteiger partial charge on any atom is 0.459 e. The fourth-order valence-electron chi connectivity index (χ4n) is 1.68. The molecule has 0 amide bonds. The van der Waals surface area contributed by atoms with Gasteiger partial charge in [-0.15, -0.1) is 0 Å². The average Bonchev–Trinajstić information content (AvgIpc) is 2.53. The summed E-state index contributed by atoms with van der Waals surface area (Å²) in [5.74, 6) is -19.9. The van der Waals surface area contributed by atoms with Gasteiger partial charge in [0.15, 0.2) is 0 Å². The molecule has 12 heteroatoms. The third kappa shape index (κ3) is 4.63. The molecule has 0 heterocycles. The van der Waals surface area contributed by atoms with Crippen molar-refractivity contribution in [2.45, 2.75) is 36.5 Å². The summed E-state index contributed by atoms with van der Waals surface area (Å²) < 4.78 is 127. The minimum atomic E-state index is -6.99. The second kappa shape index (κ2) is 7.65. The van der Waals surface area contributed by atoms with Crippen molar-refractivity contribution in [2.24, 2.45) is 0 Å². The summed E-state index contributed by atoms with van der Waals surface area (Å²) >= 11 is 0.157. The lowest BCUT2D eigenvalue weighted by Crippen LogP contribution is -2.60. The summed E-state index contributed by atoms with van der Waals surface area (Å²) in [6.07, 6.45) is -13.9. The van der Waals surface area contributed by atoms with Crippen molar-refractivity contribution in [3.8, 4) is 0 Å². The van der Waals surface area contributed by atoms with Crippen molar-refractivity contribution in [1.82, 2.24) is 0 Å². The van der Waals surface area contributed by atoms with E-state index < -0.39 is 47.4 Å². The molecule has 0 aliphatic carbocycles. The normalized spacial score (nSPS) is 15.0. The van der Waals surface area contributed by atoms with Crippen LogP contribution in [0.5, 0.6) is 0 Å². The first-order chi connectivity index (χ1) is 11.6. The van der Waals surface area contributed by atoms with Crippen molar-refractivity contribution in [3.63, 3.8) is 0 Å². The van der Waals surface area contributed by atoms with Crippen molar-refractivity contribution >= 4 is 16.9 Å². The van der Waals surface area contributed by atoms with Gasteiger partial charge in [0, 0.05) is 17.7 Å². The maximum atomic E-state index is 13.4. The van der Waals surface area contributed by atoms with E-state index in [9.17, 15) is 48.7 Å². The summed E-state index contributed by atoms with van der Waals surface area (Å²) in [6.45, 7) is 0. The van der Waals surface area contributed by atoms with Gasteiger partial charge in [-0.2, -0.15) is 30.7 Å². The Kier molecular flexibility index (Phi) is 6.64. The molecular formula is C14H10F10OS. The van der Waals surface area contributed by atoms with E-state index in [-0.39, 0.29) is 17.3 Å². The molecular weight excluding hydrogens is 406 g/mol. The second-order valence-electron chi connectivity index (χ2n) is 5.07. The van der Waals surface area contributed by atoms with Gasteiger partial charge in [-0.3, -0.25) is 4.79 Å². The fraction of sp³-hybridized carbons (Fsp3) is 0.500. The molecule has 0 aromatic heterocycles. The number of hydrogen-bond acceptors (Lipinski definition) is 2. The summed E-state index contributed by atoms with van der Waals surface area (Å²) in [5, 5.41) is -0.788. The Labute approximate surface area is 144 Å². The molecule has 0 spiro atoms. The van der Waals surface area contributed by atoms with Gasteiger partial charge in [-0.25, -0.2) is 13.2 Å². The molecule has 0 bridgehead atoms. The van der Waals surface area contributed by atoms with E-state index >= 15 is 0 Å². The Hall–Kier alpha value is -1.46. The molecule has 1 aromatic rings. The standard InChI is InChI=1S/C14H10F10OS/c15-10(12(18,19)13(20,21)14(22,23)24)11(16,17)6-7-26-9(25)8-4-2-1-3-5-8/h1-5,10H,6-7H2. The van der Waals surface area contributed by atoms with Crippen LogP contribution in [0.15, 0.2) is 30.3 Å². The van der Waals surface area contributed by atoms with E-state index in [1.807, 2.05) is 0 Å². The van der Waals surface area contributed by atoms with Crippen LogP contribution < -0.4 is 0 Å². The van der Waals surface area contributed by atoms with E-state index in [4.69, 9.17) is 0 Å². The van der Waals surface area contributed by atoms with Gasteiger partial charge in [-0.05, 0) is 0 Å². The van der Waals surface area contributed by atoms with E-state index in [0.717, 1.165) is 0 Å². The molecule has 0 saturated heterocycles. The molecule has 26 heavy (non-hydrogen) atoms. The van der Waals surface area contributed by atoms with Crippen LogP contribution in [0.4, 0.5) is 43.9 Å². The Balaban J connectivity index is 2.78. The summed E-state index contributed by atoms with van der Waals surface area (Å²) in [4.78, 5) is 11.6. The van der Waals surface area contributed by atoms with Gasteiger partial charge >= 0.3 is 18.0 Å². The molecule has 0 N–H and O–H groups in total. The molecule has 1 unspecified atom stereocenters. The summed E-state index contributed by atoms with van der Waals surface area (Å²) in [6, 6.07) is 6.98. The molecule has 1 atom stereocenters. The third-order valence-corrected chi connectivity index (χ3v) is 4.05. The average molecular weight is 416 g/mol. The number of carbonyl (C=O) groups is 1. The SMILES string of the molecule is O=C(SCCC(F)(F)C(F)C(F)(F)C(F)(F)C(F)(F)F)c1ccccc1. The van der Waals surface area contributed by atoms with Crippen LogP contribution in [-0.2, 0) is 0 Å². The summed E-state index contributed by atoms with van der Waals surface area (Å²) in [7, 11) is 0. The Bertz CT molecular complexity index is 614. The third-order valence-electron chi connectivity index (χ3n) is 3.14. The Morgan fingerprint density at radius 1 is 0.923 bits per heavy atom. The smallest absolute Gasteiger partial charge is 0.282 e. The predicted molar refractivity (Wildman–Crippen MR) is 73.6 cm³/mol. The predicted octanol–water partition coefficient (Wildman–Crippen LogP) is 5.76. The monoisotopic (exact) mass is 416 g/mol. The van der Waals surface area contributed by atoms with Crippen molar-refractivity contribution in [3.05, 3.63) is 35.9 Å². The van der Waals surface area contributed by atoms with E-state index in [1.165, 1.54) is 30.3 Å². The molecule has 1 rings (SSSR count). The number of alkyl halides is 10. The minimum absolute atomic E-state index is 0.0477. The first-order valence-corrected chi connectivity index (χ1v) is 7.69. The molecule has 0 saturated carbocycles. The molecule has 1 aromatic carbocycles. The van der Waals surface area contributed by atoms with Gasteiger partial charge in [0.2, 0.25) is 11.3 Å². The topological polar surface area (TPSA) is 17.1 Å². The molecule has 0 aliphatic rings. The Morgan fingerprint density at radius 3 is 1.88 bits per heavy atom. The first-order valence-electron chi connectivity index (χ1n) is 6.71. The van der Waals surface area contributed by atoms with Crippen LogP contribution in [0.1, 0.15) is 16.8 Å². The zero-order chi connectivity index (χ0) is 20.4. The van der Waals surface area contributed by atoms with Crippen LogP contribution in [0.3, 0.4) is 0 Å². The van der Waals surface area contributed by atoms with Crippen LogP contribution in [0, 0.1) is 0 Å². The number of rotatable bonds is 7. The first kappa shape index (κ1) is 22.6. The molecule has 148 valence electrons. The molecule has 0 aliphatic heterocycles. The van der Waals surface area contributed by atoms with E-state index in [0.29, 0.717) is 0 Å². The Morgan fingerprint density at radius 2 is 1.42 bits per heavy atom. The van der Waals surface area contributed by atoms with Crippen LogP contribution in [-0.4, -0.2) is 41.0 Å². The zero-order valence-corrected chi connectivity index (χ0v) is 13.3. The summed E-state index contributed by atoms with van der Waals surface area (Å²) in [5.41, 5.74) is 0.0477. The molecule has 1 nitrogen and oxygen atoms in total. The lowest BCUT2D eigenvalue weighted by molar-refractivity contribution is -0.377. The van der Waals surface area contributed by atoms with Crippen LogP contribution >= 0.6 is 11.8 Å². The lowest BCUT2D eigenvalue weighted by Gasteiger charge is -2.33. The van der Waals surface area contributed by atoms with Gasteiger partial charge in [0.05, 0.1) is 0 Å². The fourth-order valence-corrected chi connectivity index (χ4v) is 2.54. The zero-order valence-electron chi connectivity index (χ0n) is 12.5. The molecule has 0 fully saturated rings. The number of hydrogen-bond donors (Lipinski definition) is 0. The highest BCUT2D eigenvalue weighted by molar-refractivity contribution is 8.14. The van der Waals surface area contributed by atoms with E-state index in [1.54, 1.807) is 0 Å². The van der Waals surface area contributed by atoms with Gasteiger partial charge in [0.1, 0.15) is 0 Å². The lowest BCUT2D eigenvalue weighted by atomic mass is 9.99. The van der Waals surface area contributed by atoms with Crippen LogP contribution in [0.2, 0.25) is 0 Å². The van der Waals surface area contributed by atoms with Crippen molar-refractivity contribution in [1.29, 1.82) is 0 Å². The van der Waals surface area contributed by atoms with Crippen molar-refractivity contribution < 1.29 is 48.7 Å². The number of carbonyl (C=O) groups excluding carboxylic acids is 1. The van der Waals surface area contributed by atoms with Gasteiger partial charge in [0.25, 0.3) is 5.92 Å². The number of halogens is 10. The van der Waals surface area contributed by atoms with E-state index in [2.05, 4.69) is 0 Å². The number of thioether (sulfide) groups is 1. The highest BCUT2D eigenvalue weighted by Crippen LogP contribution is 2.52. The highest BCUT2D eigenvalue weighted by Gasteiger charge is 2.79. The second-order valence-corrected chi connectivity index (χ2v) is 6.14. The minimum Gasteiger partial charge on any atom is -0.282 e. The van der Waals surface area contributed by atoms with Crippen LogP contribution in [0.25, 0.3) is 0 Å². The maximum absolute atomic E-state index is 13.4.